The summed E-state index contributed by atoms with van der Waals surface area (Å²) in [5.41, 5.74) is 7.51. The van der Waals surface area contributed by atoms with Gasteiger partial charge in [0.05, 0.1) is 0 Å². The lowest BCUT2D eigenvalue weighted by Crippen LogP contribution is -2.45. The molecule has 1 rings (SSSR count). The summed E-state index contributed by atoms with van der Waals surface area (Å²) in [5, 5.41) is 28.8. The molecule has 0 heterocycles. The van der Waals surface area contributed by atoms with Gasteiger partial charge in [-0.2, -0.15) is 0 Å². The molecule has 8 nitrogen and oxygen atoms in total. The van der Waals surface area contributed by atoms with Crippen molar-refractivity contribution >= 4 is 17.9 Å². The third kappa shape index (κ3) is 11.9. The monoisotopic (exact) mass is 410 g/mol. The van der Waals surface area contributed by atoms with Crippen molar-refractivity contribution in [2.45, 2.75) is 71.5 Å². The smallest absolute Gasteiger partial charge is 0.320 e. The normalized spacial score (nSPS) is 13.7. The van der Waals surface area contributed by atoms with Crippen LogP contribution in [0.3, 0.4) is 0 Å². The van der Waals surface area contributed by atoms with E-state index >= 15 is 0 Å². The molecule has 0 aliphatic carbocycles. The quantitative estimate of drug-likeness (QED) is 0.372. The van der Waals surface area contributed by atoms with Crippen molar-refractivity contribution in [3.63, 3.8) is 0 Å². The largest absolute Gasteiger partial charge is 0.480 e. The maximum atomic E-state index is 11.1. The van der Waals surface area contributed by atoms with Crippen molar-refractivity contribution < 1.29 is 29.7 Å². The van der Waals surface area contributed by atoms with Crippen LogP contribution in [-0.2, 0) is 27.2 Å². The number of carboxylic acids is 3. The summed E-state index contributed by atoms with van der Waals surface area (Å²) in [6.07, 6.45) is 2.48. The molecule has 29 heavy (non-hydrogen) atoms. The van der Waals surface area contributed by atoms with Crippen molar-refractivity contribution in [2.24, 2.45) is 11.7 Å². The van der Waals surface area contributed by atoms with Crippen LogP contribution >= 0.6 is 0 Å². The van der Waals surface area contributed by atoms with E-state index in [-0.39, 0.29) is 0 Å². The molecular weight excluding hydrogens is 376 g/mol. The van der Waals surface area contributed by atoms with Gasteiger partial charge in [0.2, 0.25) is 0 Å². The maximum absolute atomic E-state index is 11.1. The second-order valence-corrected chi connectivity index (χ2v) is 7.40. The van der Waals surface area contributed by atoms with Gasteiger partial charge in [-0.05, 0) is 49.7 Å². The zero-order chi connectivity index (χ0) is 22.6. The van der Waals surface area contributed by atoms with E-state index in [1.165, 1.54) is 12.5 Å². The summed E-state index contributed by atoms with van der Waals surface area (Å²) >= 11 is 0. The van der Waals surface area contributed by atoms with Crippen molar-refractivity contribution in [3.8, 4) is 0 Å². The molecule has 0 aromatic heterocycles. The molecule has 1 unspecified atom stereocenters. The first-order valence-corrected chi connectivity index (χ1v) is 9.75. The van der Waals surface area contributed by atoms with Gasteiger partial charge >= 0.3 is 17.9 Å². The van der Waals surface area contributed by atoms with E-state index < -0.39 is 36.0 Å². The van der Waals surface area contributed by atoms with E-state index in [2.05, 4.69) is 12.2 Å². The molecule has 0 spiro atoms. The van der Waals surface area contributed by atoms with Crippen LogP contribution in [0.5, 0.6) is 0 Å². The van der Waals surface area contributed by atoms with E-state index in [0.717, 1.165) is 12.0 Å². The number of aryl methyl sites for hydroxylation is 2. The minimum Gasteiger partial charge on any atom is -0.480 e. The Morgan fingerprint density at radius 1 is 0.931 bits per heavy atom. The third-order valence-electron chi connectivity index (χ3n) is 4.32. The molecule has 6 N–H and O–H groups in total. The highest BCUT2D eigenvalue weighted by Gasteiger charge is 2.22. The molecule has 0 fully saturated rings. The van der Waals surface area contributed by atoms with E-state index in [0.29, 0.717) is 25.2 Å². The number of benzene rings is 1. The second kappa shape index (κ2) is 13.7. The fraction of sp³-hybridized carbons (Fsp3) is 0.571. The lowest BCUT2D eigenvalue weighted by molar-refractivity contribution is -0.142. The Hall–Kier alpha value is -2.45. The maximum Gasteiger partial charge on any atom is 0.320 e. The minimum absolute atomic E-state index is 0.357. The average Bonchev–Trinajstić information content (AvgIpc) is 2.64. The predicted octanol–water partition coefficient (Wildman–Crippen LogP) is 2.14. The zero-order valence-electron chi connectivity index (χ0n) is 17.6. The van der Waals surface area contributed by atoms with Crippen LogP contribution in [0.4, 0.5) is 0 Å². The summed E-state index contributed by atoms with van der Waals surface area (Å²) in [7, 11) is 0. The van der Waals surface area contributed by atoms with Crippen LogP contribution in [0.15, 0.2) is 24.3 Å². The summed E-state index contributed by atoms with van der Waals surface area (Å²) < 4.78 is 0. The Balaban J connectivity index is 0.000000734. The van der Waals surface area contributed by atoms with Gasteiger partial charge in [-0.1, -0.05) is 45.0 Å². The molecule has 8 heteroatoms. The molecular formula is C21H34N2O6. The van der Waals surface area contributed by atoms with E-state index in [1.54, 1.807) is 0 Å². The zero-order valence-corrected chi connectivity index (χ0v) is 17.6. The van der Waals surface area contributed by atoms with Crippen molar-refractivity contribution in [1.29, 1.82) is 0 Å². The number of nitrogens with two attached hydrogens (primary N) is 1. The third-order valence-corrected chi connectivity index (χ3v) is 4.32. The van der Waals surface area contributed by atoms with Crippen LogP contribution in [0.2, 0.25) is 0 Å². The summed E-state index contributed by atoms with van der Waals surface area (Å²) in [4.78, 5) is 32.0. The topological polar surface area (TPSA) is 150 Å². The number of carboxylic acid groups (broad SMARTS) is 3. The van der Waals surface area contributed by atoms with Crippen molar-refractivity contribution in [3.05, 3.63) is 35.4 Å². The second-order valence-electron chi connectivity index (χ2n) is 7.40. The number of hydrogen-bond donors (Lipinski definition) is 5. The van der Waals surface area contributed by atoms with Crippen LogP contribution in [0.1, 0.15) is 51.7 Å². The highest BCUT2D eigenvalue weighted by Crippen LogP contribution is 2.09. The highest BCUT2D eigenvalue weighted by molar-refractivity contribution is 5.77. The number of hydrogen-bond acceptors (Lipinski definition) is 5. The minimum atomic E-state index is -1.05. The van der Waals surface area contributed by atoms with E-state index in [4.69, 9.17) is 21.1 Å². The Kier molecular flexibility index (Phi) is 12.5. The Morgan fingerprint density at radius 3 is 1.79 bits per heavy atom. The van der Waals surface area contributed by atoms with Gasteiger partial charge in [-0.15, -0.1) is 0 Å². The Bertz CT molecular complexity index is 645. The molecule has 0 aliphatic rings. The fourth-order valence-electron chi connectivity index (χ4n) is 2.51. The summed E-state index contributed by atoms with van der Waals surface area (Å²) in [5.74, 6) is -2.63. The number of rotatable bonds is 11. The molecule has 0 amide bonds. The lowest BCUT2D eigenvalue weighted by Gasteiger charge is -2.17. The van der Waals surface area contributed by atoms with Crippen LogP contribution in [-0.4, -0.2) is 51.4 Å². The molecule has 164 valence electrons. The first-order chi connectivity index (χ1) is 13.5. The van der Waals surface area contributed by atoms with Gasteiger partial charge in [0.1, 0.15) is 18.1 Å². The van der Waals surface area contributed by atoms with Crippen LogP contribution in [0.25, 0.3) is 0 Å². The fourth-order valence-corrected chi connectivity index (χ4v) is 2.51. The molecule has 1 aromatic carbocycles. The molecule has 1 aromatic rings. The number of aliphatic carboxylic acids is 3. The van der Waals surface area contributed by atoms with Crippen molar-refractivity contribution in [2.75, 3.05) is 0 Å². The summed E-state index contributed by atoms with van der Waals surface area (Å²) in [6, 6.07) is 5.60. The Labute approximate surface area is 172 Å². The molecule has 3 atom stereocenters. The number of carbonyl (C=O) groups is 3. The van der Waals surface area contributed by atoms with Gasteiger partial charge in [0, 0.05) is 0 Å². The van der Waals surface area contributed by atoms with Gasteiger partial charge in [-0.3, -0.25) is 19.7 Å². The molecule has 0 aliphatic heterocycles. The van der Waals surface area contributed by atoms with Gasteiger partial charge < -0.3 is 21.1 Å². The van der Waals surface area contributed by atoms with E-state index in [1.807, 2.05) is 38.1 Å². The van der Waals surface area contributed by atoms with Gasteiger partial charge in [-0.25, -0.2) is 0 Å². The Morgan fingerprint density at radius 2 is 1.45 bits per heavy atom. The van der Waals surface area contributed by atoms with Gasteiger partial charge in [0.25, 0.3) is 0 Å². The van der Waals surface area contributed by atoms with Gasteiger partial charge in [0.15, 0.2) is 0 Å². The predicted molar refractivity (Wildman–Crippen MR) is 111 cm³/mol. The highest BCUT2D eigenvalue weighted by atomic mass is 16.4. The molecule has 0 saturated heterocycles. The van der Waals surface area contributed by atoms with Crippen molar-refractivity contribution in [1.82, 2.24) is 5.32 Å². The first-order valence-electron chi connectivity index (χ1n) is 9.75. The standard InChI is InChI=1S/C15H21NO4.C6H13NO2/c1-3-11-4-6-12(7-5-11)8-9-13(15(19)20)16-10(2)14(17)18;1-4(2)3-5(7)6(8)9/h4-7,10,13,16H,3,8-9H2,1-2H3,(H,17,18)(H,19,20);4-5H,3,7H2,1-2H3,(H,8,9)/t10-,13?;5-/m10/s1. The summed E-state index contributed by atoms with van der Waals surface area (Å²) in [6.45, 7) is 7.41. The average molecular weight is 411 g/mol. The van der Waals surface area contributed by atoms with Crippen LogP contribution < -0.4 is 11.1 Å². The number of nitrogens with one attached hydrogen (secondary N) is 1. The first kappa shape index (κ1) is 26.6. The van der Waals surface area contributed by atoms with E-state index in [9.17, 15) is 14.4 Å². The molecule has 0 bridgehead atoms. The SMILES string of the molecule is CC(C)C[C@H](N)C(=O)O.CCc1ccc(CCC(N[C@H](C)C(=O)O)C(=O)O)cc1. The van der Waals surface area contributed by atoms with Crippen LogP contribution in [0, 0.1) is 5.92 Å². The lowest BCUT2D eigenvalue weighted by atomic mass is 10.0. The molecule has 0 saturated carbocycles. The molecule has 0 radical (unpaired) electrons.